The van der Waals surface area contributed by atoms with Crippen LogP contribution in [0.4, 0.5) is 0 Å². The fourth-order valence-electron chi connectivity index (χ4n) is 2.71. The fraction of sp³-hybridized carbons (Fsp3) is 0.250. The highest BCUT2D eigenvalue weighted by Gasteiger charge is 2.26. The molecule has 1 aliphatic carbocycles. The van der Waals surface area contributed by atoms with Crippen molar-refractivity contribution in [2.24, 2.45) is 0 Å². The average molecular weight is 268 g/mol. The van der Waals surface area contributed by atoms with Crippen molar-refractivity contribution in [2.75, 3.05) is 5.75 Å². The molecular weight excluding hydrogens is 252 g/mol. The van der Waals surface area contributed by atoms with Crippen LogP contribution in [0.2, 0.25) is 0 Å². The lowest BCUT2D eigenvalue weighted by Crippen LogP contribution is -2.01. The van der Waals surface area contributed by atoms with Crippen LogP contribution < -0.4 is 0 Å². The van der Waals surface area contributed by atoms with Gasteiger partial charge in [0.05, 0.1) is 0 Å². The number of aromatic nitrogens is 2. The Hall–Kier alpha value is -1.61. The topological polar surface area (TPSA) is 25.8 Å². The molecule has 0 saturated heterocycles. The van der Waals surface area contributed by atoms with Crippen LogP contribution in [0.15, 0.2) is 54.5 Å². The third-order valence-electron chi connectivity index (χ3n) is 3.55. The SMILES string of the molecule is C=CCSc1ncncc1C1CCc2ccccc21. The Kier molecular flexibility index (Phi) is 3.65. The average Bonchev–Trinajstić information content (AvgIpc) is 2.89. The fourth-order valence-corrected chi connectivity index (χ4v) is 3.47. The van der Waals surface area contributed by atoms with Gasteiger partial charge in [0.1, 0.15) is 11.4 Å². The van der Waals surface area contributed by atoms with Gasteiger partial charge in [0, 0.05) is 23.4 Å². The second-order valence-electron chi connectivity index (χ2n) is 4.67. The highest BCUT2D eigenvalue weighted by atomic mass is 32.2. The summed E-state index contributed by atoms with van der Waals surface area (Å²) in [5, 5.41) is 1.09. The molecular formula is C16H16N2S. The highest BCUT2D eigenvalue weighted by molar-refractivity contribution is 7.99. The molecule has 0 saturated carbocycles. The van der Waals surface area contributed by atoms with E-state index in [0.717, 1.165) is 23.6 Å². The van der Waals surface area contributed by atoms with Crippen LogP contribution in [-0.4, -0.2) is 15.7 Å². The third-order valence-corrected chi connectivity index (χ3v) is 4.57. The number of hydrogen-bond acceptors (Lipinski definition) is 3. The molecule has 0 bridgehead atoms. The van der Waals surface area contributed by atoms with Gasteiger partial charge < -0.3 is 0 Å². The normalized spacial score (nSPS) is 17.2. The molecule has 0 N–H and O–H groups in total. The van der Waals surface area contributed by atoms with Gasteiger partial charge in [-0.1, -0.05) is 30.3 Å². The monoisotopic (exact) mass is 268 g/mol. The van der Waals surface area contributed by atoms with Gasteiger partial charge in [0.2, 0.25) is 0 Å². The molecule has 0 aliphatic heterocycles. The summed E-state index contributed by atoms with van der Waals surface area (Å²) in [4.78, 5) is 8.66. The molecule has 0 fully saturated rings. The first-order valence-electron chi connectivity index (χ1n) is 6.51. The van der Waals surface area contributed by atoms with Crippen molar-refractivity contribution in [3.05, 3.63) is 66.1 Å². The number of fused-ring (bicyclic) bond motifs is 1. The van der Waals surface area contributed by atoms with Gasteiger partial charge in [-0.2, -0.15) is 0 Å². The van der Waals surface area contributed by atoms with Crippen LogP contribution in [-0.2, 0) is 6.42 Å². The van der Waals surface area contributed by atoms with E-state index in [1.54, 1.807) is 18.1 Å². The number of thioether (sulfide) groups is 1. The smallest absolute Gasteiger partial charge is 0.116 e. The summed E-state index contributed by atoms with van der Waals surface area (Å²) < 4.78 is 0. The molecule has 0 spiro atoms. The lowest BCUT2D eigenvalue weighted by atomic mass is 9.95. The molecule has 1 unspecified atom stereocenters. The molecule has 1 aromatic heterocycles. The minimum atomic E-state index is 0.449. The number of nitrogens with zero attached hydrogens (tertiary/aromatic N) is 2. The Labute approximate surface area is 118 Å². The molecule has 1 heterocycles. The van der Waals surface area contributed by atoms with E-state index in [0.29, 0.717) is 5.92 Å². The van der Waals surface area contributed by atoms with E-state index < -0.39 is 0 Å². The lowest BCUT2D eigenvalue weighted by Gasteiger charge is -2.14. The maximum atomic E-state index is 4.44. The van der Waals surface area contributed by atoms with Gasteiger partial charge in [-0.3, -0.25) is 0 Å². The minimum Gasteiger partial charge on any atom is -0.244 e. The Morgan fingerprint density at radius 1 is 1.32 bits per heavy atom. The first-order valence-corrected chi connectivity index (χ1v) is 7.50. The van der Waals surface area contributed by atoms with E-state index in [2.05, 4.69) is 40.8 Å². The van der Waals surface area contributed by atoms with Gasteiger partial charge in [0.15, 0.2) is 0 Å². The van der Waals surface area contributed by atoms with Crippen LogP contribution in [0.1, 0.15) is 29.0 Å². The molecule has 0 amide bonds. The predicted molar refractivity (Wildman–Crippen MR) is 79.6 cm³/mol. The zero-order chi connectivity index (χ0) is 13.1. The summed E-state index contributed by atoms with van der Waals surface area (Å²) in [6.07, 6.45) is 7.84. The van der Waals surface area contributed by atoms with Crippen LogP contribution in [0, 0.1) is 0 Å². The van der Waals surface area contributed by atoms with Crippen molar-refractivity contribution in [3.8, 4) is 0 Å². The Balaban J connectivity index is 1.97. The van der Waals surface area contributed by atoms with Gasteiger partial charge in [0.25, 0.3) is 0 Å². The number of hydrogen-bond donors (Lipinski definition) is 0. The number of benzene rings is 1. The minimum absolute atomic E-state index is 0.449. The summed E-state index contributed by atoms with van der Waals surface area (Å²) in [6.45, 7) is 3.77. The molecule has 2 aromatic rings. The van der Waals surface area contributed by atoms with Crippen molar-refractivity contribution >= 4 is 11.8 Å². The Morgan fingerprint density at radius 2 is 2.21 bits per heavy atom. The van der Waals surface area contributed by atoms with Gasteiger partial charge >= 0.3 is 0 Å². The van der Waals surface area contributed by atoms with E-state index in [-0.39, 0.29) is 0 Å². The standard InChI is InChI=1S/C16H16N2S/c1-2-9-19-16-15(10-17-11-18-16)14-8-7-12-5-3-4-6-13(12)14/h2-6,10-11,14H,1,7-9H2. The van der Waals surface area contributed by atoms with Gasteiger partial charge in [-0.25, -0.2) is 9.97 Å². The van der Waals surface area contributed by atoms with Crippen LogP contribution in [0.25, 0.3) is 0 Å². The van der Waals surface area contributed by atoms with E-state index in [1.807, 2.05) is 12.3 Å². The zero-order valence-electron chi connectivity index (χ0n) is 10.7. The first kappa shape index (κ1) is 12.4. The quantitative estimate of drug-likeness (QED) is 0.479. The summed E-state index contributed by atoms with van der Waals surface area (Å²) >= 11 is 1.74. The molecule has 0 radical (unpaired) electrons. The van der Waals surface area contributed by atoms with Crippen LogP contribution in [0.5, 0.6) is 0 Å². The molecule has 96 valence electrons. The van der Waals surface area contributed by atoms with Gasteiger partial charge in [-0.05, 0) is 24.0 Å². The van der Waals surface area contributed by atoms with Crippen molar-refractivity contribution < 1.29 is 0 Å². The second kappa shape index (κ2) is 5.57. The summed E-state index contributed by atoms with van der Waals surface area (Å²) in [6, 6.07) is 8.71. The van der Waals surface area contributed by atoms with Crippen LogP contribution >= 0.6 is 11.8 Å². The zero-order valence-corrected chi connectivity index (χ0v) is 11.6. The third kappa shape index (κ3) is 2.43. The highest BCUT2D eigenvalue weighted by Crippen LogP contribution is 2.40. The molecule has 1 atom stereocenters. The second-order valence-corrected chi connectivity index (χ2v) is 5.68. The maximum absolute atomic E-state index is 4.44. The number of aryl methyl sites for hydroxylation is 1. The van der Waals surface area contributed by atoms with E-state index >= 15 is 0 Å². The van der Waals surface area contributed by atoms with E-state index in [1.165, 1.54) is 16.7 Å². The summed E-state index contributed by atoms with van der Waals surface area (Å²) in [7, 11) is 0. The maximum Gasteiger partial charge on any atom is 0.116 e. The largest absolute Gasteiger partial charge is 0.244 e. The molecule has 2 nitrogen and oxygen atoms in total. The molecule has 3 rings (SSSR count). The van der Waals surface area contributed by atoms with Crippen molar-refractivity contribution in [1.29, 1.82) is 0 Å². The van der Waals surface area contributed by atoms with E-state index in [4.69, 9.17) is 0 Å². The summed E-state index contributed by atoms with van der Waals surface area (Å²) in [5.41, 5.74) is 4.17. The van der Waals surface area contributed by atoms with Crippen molar-refractivity contribution in [3.63, 3.8) is 0 Å². The Morgan fingerprint density at radius 3 is 3.11 bits per heavy atom. The molecule has 19 heavy (non-hydrogen) atoms. The van der Waals surface area contributed by atoms with Crippen molar-refractivity contribution in [1.82, 2.24) is 9.97 Å². The lowest BCUT2D eigenvalue weighted by molar-refractivity contribution is 0.751. The molecule has 1 aromatic carbocycles. The van der Waals surface area contributed by atoms with Gasteiger partial charge in [-0.15, -0.1) is 18.3 Å². The number of rotatable bonds is 4. The molecule has 1 aliphatic rings. The first-order chi connectivity index (χ1) is 9.40. The molecule has 3 heteroatoms. The predicted octanol–water partition coefficient (Wildman–Crippen LogP) is 3.83. The summed E-state index contributed by atoms with van der Waals surface area (Å²) in [5.74, 6) is 1.34. The Bertz CT molecular complexity index is 595. The van der Waals surface area contributed by atoms with E-state index in [9.17, 15) is 0 Å². The van der Waals surface area contributed by atoms with Crippen molar-refractivity contribution in [2.45, 2.75) is 23.8 Å². The van der Waals surface area contributed by atoms with Crippen LogP contribution in [0.3, 0.4) is 0 Å².